The molecular formula is C9H14O2. The Morgan fingerprint density at radius 2 is 2.36 bits per heavy atom. The lowest BCUT2D eigenvalue weighted by Gasteiger charge is -2.08. The molecule has 0 aliphatic rings. The van der Waals surface area contributed by atoms with Gasteiger partial charge >= 0.3 is 0 Å². The van der Waals surface area contributed by atoms with Crippen LogP contribution >= 0.6 is 0 Å². The highest BCUT2D eigenvalue weighted by molar-refractivity contribution is 5.37. The summed E-state index contributed by atoms with van der Waals surface area (Å²) in [4.78, 5) is 9.94. The van der Waals surface area contributed by atoms with Crippen LogP contribution < -0.4 is 0 Å². The molecule has 0 rings (SSSR count). The van der Waals surface area contributed by atoms with Gasteiger partial charge in [-0.1, -0.05) is 31.7 Å². The van der Waals surface area contributed by atoms with Gasteiger partial charge in [-0.25, -0.2) is 0 Å². The van der Waals surface area contributed by atoms with Crippen LogP contribution in [0.1, 0.15) is 19.8 Å². The first kappa shape index (κ1) is 9.95. The Balaban J connectivity index is 3.58. The standard InChI is InChI=1S/C9H14O2/c1-3-5-6-7-9(4-2)11-8-10/h3,5-6,8-9H,1,4,7H2,2H3. The lowest BCUT2D eigenvalue weighted by molar-refractivity contribution is -0.133. The van der Waals surface area contributed by atoms with E-state index >= 15 is 0 Å². The maximum absolute atomic E-state index is 9.94. The van der Waals surface area contributed by atoms with Gasteiger partial charge in [-0.3, -0.25) is 4.79 Å². The normalized spacial score (nSPS) is 12.8. The van der Waals surface area contributed by atoms with Crippen molar-refractivity contribution in [3.8, 4) is 0 Å². The van der Waals surface area contributed by atoms with E-state index in [9.17, 15) is 4.79 Å². The number of hydrogen-bond donors (Lipinski definition) is 0. The predicted molar refractivity (Wildman–Crippen MR) is 45.2 cm³/mol. The summed E-state index contributed by atoms with van der Waals surface area (Å²) in [7, 11) is 0. The van der Waals surface area contributed by atoms with Crippen LogP contribution in [0.2, 0.25) is 0 Å². The zero-order valence-electron chi connectivity index (χ0n) is 6.82. The Labute approximate surface area is 67.6 Å². The fourth-order valence-corrected chi connectivity index (χ4v) is 0.724. The topological polar surface area (TPSA) is 26.3 Å². The molecule has 0 aromatic rings. The molecule has 2 heteroatoms. The summed E-state index contributed by atoms with van der Waals surface area (Å²) in [5.74, 6) is 0. The predicted octanol–water partition coefficient (Wildman–Crippen LogP) is 2.07. The molecule has 0 saturated carbocycles. The molecule has 0 radical (unpaired) electrons. The molecule has 0 fully saturated rings. The molecule has 0 aliphatic carbocycles. The first-order valence-corrected chi connectivity index (χ1v) is 3.71. The van der Waals surface area contributed by atoms with Gasteiger partial charge in [-0.15, -0.1) is 0 Å². The highest BCUT2D eigenvalue weighted by Gasteiger charge is 2.01. The summed E-state index contributed by atoms with van der Waals surface area (Å²) < 4.78 is 4.77. The van der Waals surface area contributed by atoms with Crippen molar-refractivity contribution >= 4 is 6.47 Å². The lowest BCUT2D eigenvalue weighted by atomic mass is 10.2. The van der Waals surface area contributed by atoms with Gasteiger partial charge in [0.2, 0.25) is 0 Å². The van der Waals surface area contributed by atoms with Crippen LogP contribution in [0.3, 0.4) is 0 Å². The number of carbonyl (C=O) groups excluding carboxylic acids is 1. The van der Waals surface area contributed by atoms with E-state index in [-0.39, 0.29) is 6.10 Å². The first-order chi connectivity index (χ1) is 5.35. The average molecular weight is 154 g/mol. The van der Waals surface area contributed by atoms with Crippen molar-refractivity contribution in [2.75, 3.05) is 0 Å². The molecular weight excluding hydrogens is 140 g/mol. The van der Waals surface area contributed by atoms with Crippen LogP contribution in [-0.4, -0.2) is 12.6 Å². The third kappa shape index (κ3) is 5.40. The number of allylic oxidation sites excluding steroid dienone is 2. The fourth-order valence-electron chi connectivity index (χ4n) is 0.724. The largest absolute Gasteiger partial charge is 0.464 e. The molecule has 0 aromatic carbocycles. The zero-order valence-corrected chi connectivity index (χ0v) is 6.82. The molecule has 0 amide bonds. The van der Waals surface area contributed by atoms with Crippen LogP contribution in [0, 0.1) is 0 Å². The highest BCUT2D eigenvalue weighted by atomic mass is 16.5. The van der Waals surface area contributed by atoms with E-state index in [1.54, 1.807) is 6.08 Å². The van der Waals surface area contributed by atoms with Crippen molar-refractivity contribution in [3.63, 3.8) is 0 Å². The fraction of sp³-hybridized carbons (Fsp3) is 0.444. The quantitative estimate of drug-likeness (QED) is 0.432. The molecule has 0 N–H and O–H groups in total. The van der Waals surface area contributed by atoms with Crippen molar-refractivity contribution in [1.29, 1.82) is 0 Å². The highest BCUT2D eigenvalue weighted by Crippen LogP contribution is 2.02. The lowest BCUT2D eigenvalue weighted by Crippen LogP contribution is -2.08. The van der Waals surface area contributed by atoms with Crippen LogP contribution in [0.25, 0.3) is 0 Å². The Morgan fingerprint density at radius 1 is 1.64 bits per heavy atom. The van der Waals surface area contributed by atoms with Gasteiger partial charge in [0.25, 0.3) is 6.47 Å². The van der Waals surface area contributed by atoms with E-state index in [4.69, 9.17) is 4.74 Å². The summed E-state index contributed by atoms with van der Waals surface area (Å²) in [5, 5.41) is 0. The summed E-state index contributed by atoms with van der Waals surface area (Å²) in [5.41, 5.74) is 0. The van der Waals surface area contributed by atoms with Crippen LogP contribution in [0.4, 0.5) is 0 Å². The van der Waals surface area contributed by atoms with E-state index < -0.39 is 0 Å². The van der Waals surface area contributed by atoms with Crippen LogP contribution in [0.5, 0.6) is 0 Å². The minimum absolute atomic E-state index is 0.0173. The molecule has 62 valence electrons. The van der Waals surface area contributed by atoms with E-state index in [1.807, 2.05) is 19.1 Å². The number of carbonyl (C=O) groups is 1. The minimum atomic E-state index is 0.0173. The van der Waals surface area contributed by atoms with Gasteiger partial charge in [0.1, 0.15) is 6.10 Å². The van der Waals surface area contributed by atoms with Crippen molar-refractivity contribution in [1.82, 2.24) is 0 Å². The zero-order chi connectivity index (χ0) is 8.53. The molecule has 1 atom stereocenters. The van der Waals surface area contributed by atoms with Gasteiger partial charge in [0, 0.05) is 6.42 Å². The minimum Gasteiger partial charge on any atom is -0.464 e. The number of rotatable bonds is 6. The molecule has 1 unspecified atom stereocenters. The Morgan fingerprint density at radius 3 is 2.82 bits per heavy atom. The van der Waals surface area contributed by atoms with Crippen molar-refractivity contribution < 1.29 is 9.53 Å². The molecule has 0 aliphatic heterocycles. The maximum Gasteiger partial charge on any atom is 0.293 e. The molecule has 11 heavy (non-hydrogen) atoms. The van der Waals surface area contributed by atoms with Crippen LogP contribution in [0.15, 0.2) is 24.8 Å². The first-order valence-electron chi connectivity index (χ1n) is 3.71. The van der Waals surface area contributed by atoms with E-state index in [0.717, 1.165) is 12.8 Å². The van der Waals surface area contributed by atoms with Crippen LogP contribution in [-0.2, 0) is 9.53 Å². The van der Waals surface area contributed by atoms with Crippen molar-refractivity contribution in [2.24, 2.45) is 0 Å². The molecule has 0 aromatic heterocycles. The monoisotopic (exact) mass is 154 g/mol. The average Bonchev–Trinajstić information content (AvgIpc) is 2.03. The summed E-state index contributed by atoms with van der Waals surface area (Å²) in [6.07, 6.45) is 7.11. The second-order valence-electron chi connectivity index (χ2n) is 2.16. The summed E-state index contributed by atoms with van der Waals surface area (Å²) >= 11 is 0. The maximum atomic E-state index is 9.94. The van der Waals surface area contributed by atoms with E-state index in [0.29, 0.717) is 6.47 Å². The third-order valence-electron chi connectivity index (χ3n) is 1.37. The van der Waals surface area contributed by atoms with Gasteiger partial charge in [0.05, 0.1) is 0 Å². The molecule has 0 heterocycles. The molecule has 2 nitrogen and oxygen atoms in total. The van der Waals surface area contributed by atoms with Crippen molar-refractivity contribution in [2.45, 2.75) is 25.9 Å². The number of ether oxygens (including phenoxy) is 1. The Hall–Kier alpha value is -1.05. The second-order valence-corrected chi connectivity index (χ2v) is 2.16. The number of hydrogen-bond acceptors (Lipinski definition) is 2. The Bertz CT molecular complexity index is 138. The van der Waals surface area contributed by atoms with Gasteiger partial charge < -0.3 is 4.74 Å². The van der Waals surface area contributed by atoms with Crippen molar-refractivity contribution in [3.05, 3.63) is 24.8 Å². The molecule has 0 bridgehead atoms. The molecule has 0 saturated heterocycles. The Kier molecular flexibility index (Phi) is 6.39. The smallest absolute Gasteiger partial charge is 0.293 e. The van der Waals surface area contributed by atoms with Gasteiger partial charge in [0.15, 0.2) is 0 Å². The summed E-state index contributed by atoms with van der Waals surface area (Å²) in [6, 6.07) is 0. The SMILES string of the molecule is C=CC=CCC(CC)OC=O. The molecule has 0 spiro atoms. The van der Waals surface area contributed by atoms with Gasteiger partial charge in [-0.2, -0.15) is 0 Å². The second kappa shape index (κ2) is 7.06. The summed E-state index contributed by atoms with van der Waals surface area (Å²) in [6.45, 7) is 6.01. The van der Waals surface area contributed by atoms with E-state index in [1.165, 1.54) is 0 Å². The third-order valence-corrected chi connectivity index (χ3v) is 1.37. The van der Waals surface area contributed by atoms with Gasteiger partial charge in [-0.05, 0) is 6.42 Å². The van der Waals surface area contributed by atoms with E-state index in [2.05, 4.69) is 6.58 Å².